The average molecular weight is 274 g/mol. The van der Waals surface area contributed by atoms with Crippen LogP contribution in [0.1, 0.15) is 27.7 Å². The number of hydrogen-bond acceptors (Lipinski definition) is 4. The van der Waals surface area contributed by atoms with E-state index < -0.39 is 5.97 Å². The number of hydrogen-bond donors (Lipinski definition) is 0. The first-order valence-corrected chi connectivity index (χ1v) is 5.28. The number of pyridine rings is 1. The van der Waals surface area contributed by atoms with Gasteiger partial charge in [0.1, 0.15) is 0 Å². The molecular formula is C10H12BrNO3. The molecule has 0 aromatic carbocycles. The van der Waals surface area contributed by atoms with Crippen molar-refractivity contribution in [3.8, 4) is 5.88 Å². The van der Waals surface area contributed by atoms with Gasteiger partial charge in [-0.05, 0) is 13.0 Å². The van der Waals surface area contributed by atoms with Crippen LogP contribution in [0.25, 0.3) is 0 Å². The molecule has 0 saturated heterocycles. The minimum Gasteiger partial charge on any atom is -0.481 e. The Morgan fingerprint density at radius 1 is 1.53 bits per heavy atom. The first-order valence-electron chi connectivity index (χ1n) is 4.36. The molecule has 0 N–H and O–H groups in total. The van der Waals surface area contributed by atoms with Crippen molar-refractivity contribution in [1.82, 2.24) is 4.98 Å². The van der Waals surface area contributed by atoms with Crippen LogP contribution in [0.4, 0.5) is 0 Å². The van der Waals surface area contributed by atoms with Gasteiger partial charge in [0, 0.05) is 16.6 Å². The highest BCUT2D eigenvalue weighted by Crippen LogP contribution is 2.29. The van der Waals surface area contributed by atoms with E-state index in [1.54, 1.807) is 13.2 Å². The predicted molar refractivity (Wildman–Crippen MR) is 59.5 cm³/mol. The third-order valence-electron chi connectivity index (χ3n) is 1.92. The molecule has 82 valence electrons. The van der Waals surface area contributed by atoms with Crippen LogP contribution in [-0.2, 0) is 4.74 Å². The standard InChI is InChI=1S/C10H12BrNO3/c1-6(11)8-4-7(10(13)15-3)5-12-9(8)14-2/h4-6H,1-3H3. The van der Waals surface area contributed by atoms with E-state index in [9.17, 15) is 4.79 Å². The van der Waals surface area contributed by atoms with Crippen molar-refractivity contribution in [3.05, 3.63) is 23.4 Å². The number of carbonyl (C=O) groups is 1. The normalized spacial score (nSPS) is 12.0. The summed E-state index contributed by atoms with van der Waals surface area (Å²) in [5.41, 5.74) is 1.24. The molecule has 1 heterocycles. The highest BCUT2D eigenvalue weighted by Gasteiger charge is 2.14. The van der Waals surface area contributed by atoms with E-state index in [0.717, 1.165) is 5.56 Å². The molecule has 0 aliphatic heterocycles. The molecule has 1 unspecified atom stereocenters. The predicted octanol–water partition coefficient (Wildman–Crippen LogP) is 2.33. The van der Waals surface area contributed by atoms with E-state index in [4.69, 9.17) is 4.74 Å². The monoisotopic (exact) mass is 273 g/mol. The van der Waals surface area contributed by atoms with Crippen molar-refractivity contribution in [1.29, 1.82) is 0 Å². The second-order valence-electron chi connectivity index (χ2n) is 2.93. The molecule has 0 fully saturated rings. The summed E-state index contributed by atoms with van der Waals surface area (Å²) in [5.74, 6) is 0.103. The molecule has 4 nitrogen and oxygen atoms in total. The number of nitrogens with zero attached hydrogens (tertiary/aromatic N) is 1. The lowest BCUT2D eigenvalue weighted by atomic mass is 10.1. The smallest absolute Gasteiger partial charge is 0.339 e. The fourth-order valence-corrected chi connectivity index (χ4v) is 1.48. The van der Waals surface area contributed by atoms with Gasteiger partial charge in [-0.1, -0.05) is 15.9 Å². The highest BCUT2D eigenvalue weighted by atomic mass is 79.9. The van der Waals surface area contributed by atoms with E-state index in [-0.39, 0.29) is 4.83 Å². The molecule has 0 spiro atoms. The van der Waals surface area contributed by atoms with Gasteiger partial charge >= 0.3 is 5.97 Å². The van der Waals surface area contributed by atoms with Gasteiger partial charge in [0.25, 0.3) is 0 Å². The largest absolute Gasteiger partial charge is 0.481 e. The number of aromatic nitrogens is 1. The minimum absolute atomic E-state index is 0.0598. The van der Waals surface area contributed by atoms with Crippen LogP contribution in [0.3, 0.4) is 0 Å². The fourth-order valence-electron chi connectivity index (χ4n) is 1.15. The highest BCUT2D eigenvalue weighted by molar-refractivity contribution is 9.09. The molecule has 0 aliphatic carbocycles. The maximum atomic E-state index is 11.3. The molecule has 0 bridgehead atoms. The van der Waals surface area contributed by atoms with Crippen LogP contribution >= 0.6 is 15.9 Å². The Balaban J connectivity index is 3.16. The van der Waals surface area contributed by atoms with Gasteiger partial charge in [-0.3, -0.25) is 0 Å². The Morgan fingerprint density at radius 3 is 2.67 bits per heavy atom. The van der Waals surface area contributed by atoms with Gasteiger partial charge < -0.3 is 9.47 Å². The van der Waals surface area contributed by atoms with Crippen molar-refractivity contribution in [2.75, 3.05) is 14.2 Å². The van der Waals surface area contributed by atoms with Crippen LogP contribution in [0, 0.1) is 0 Å². The van der Waals surface area contributed by atoms with Gasteiger partial charge in [0.05, 0.1) is 19.8 Å². The Bertz CT molecular complexity index is 366. The third-order valence-corrected chi connectivity index (χ3v) is 2.42. The van der Waals surface area contributed by atoms with Crippen molar-refractivity contribution < 1.29 is 14.3 Å². The van der Waals surface area contributed by atoms with E-state index >= 15 is 0 Å². The zero-order valence-electron chi connectivity index (χ0n) is 8.78. The summed E-state index contributed by atoms with van der Waals surface area (Å²) in [6.07, 6.45) is 1.43. The molecular weight excluding hydrogens is 262 g/mol. The first kappa shape index (κ1) is 12.0. The van der Waals surface area contributed by atoms with Gasteiger partial charge in [0.15, 0.2) is 0 Å². The molecule has 1 aromatic rings. The summed E-state index contributed by atoms with van der Waals surface area (Å²) < 4.78 is 9.69. The molecule has 0 radical (unpaired) electrons. The summed E-state index contributed by atoms with van der Waals surface area (Å²) in [6.45, 7) is 1.93. The second-order valence-corrected chi connectivity index (χ2v) is 4.30. The number of esters is 1. The topological polar surface area (TPSA) is 48.4 Å². The van der Waals surface area contributed by atoms with Gasteiger partial charge in [-0.2, -0.15) is 0 Å². The van der Waals surface area contributed by atoms with Crippen LogP contribution in [0.5, 0.6) is 5.88 Å². The van der Waals surface area contributed by atoms with Crippen LogP contribution < -0.4 is 4.74 Å². The zero-order valence-corrected chi connectivity index (χ0v) is 10.4. The van der Waals surface area contributed by atoms with Crippen LogP contribution in [0.15, 0.2) is 12.3 Å². The fraction of sp³-hybridized carbons (Fsp3) is 0.400. The molecule has 1 atom stereocenters. The lowest BCUT2D eigenvalue weighted by molar-refractivity contribution is 0.0600. The van der Waals surface area contributed by atoms with Crippen LogP contribution in [-0.4, -0.2) is 25.2 Å². The molecule has 15 heavy (non-hydrogen) atoms. The zero-order chi connectivity index (χ0) is 11.4. The SMILES string of the molecule is COC(=O)c1cnc(OC)c(C(C)Br)c1. The Morgan fingerprint density at radius 2 is 2.20 bits per heavy atom. The van der Waals surface area contributed by atoms with E-state index in [1.165, 1.54) is 13.3 Å². The molecule has 1 aromatic heterocycles. The van der Waals surface area contributed by atoms with E-state index in [1.807, 2.05) is 6.92 Å². The summed E-state index contributed by atoms with van der Waals surface area (Å²) in [5, 5.41) is 0. The molecule has 1 rings (SSSR count). The lowest BCUT2D eigenvalue weighted by Crippen LogP contribution is -2.05. The number of methoxy groups -OCH3 is 2. The van der Waals surface area contributed by atoms with Gasteiger partial charge in [0.2, 0.25) is 5.88 Å². The van der Waals surface area contributed by atoms with E-state index in [2.05, 4.69) is 25.7 Å². The second kappa shape index (κ2) is 5.11. The van der Waals surface area contributed by atoms with Gasteiger partial charge in [-0.25, -0.2) is 9.78 Å². The summed E-state index contributed by atoms with van der Waals surface area (Å²) >= 11 is 3.41. The van der Waals surface area contributed by atoms with Crippen LogP contribution in [0.2, 0.25) is 0 Å². The molecule has 5 heteroatoms. The first-order chi connectivity index (χ1) is 7.10. The lowest BCUT2D eigenvalue weighted by Gasteiger charge is -2.10. The van der Waals surface area contributed by atoms with Crippen molar-refractivity contribution in [2.24, 2.45) is 0 Å². The number of halogens is 1. The van der Waals surface area contributed by atoms with Crippen molar-refractivity contribution in [2.45, 2.75) is 11.8 Å². The quantitative estimate of drug-likeness (QED) is 0.627. The molecule has 0 aliphatic rings. The van der Waals surface area contributed by atoms with Crippen molar-refractivity contribution in [3.63, 3.8) is 0 Å². The Labute approximate surface area is 96.7 Å². The summed E-state index contributed by atoms with van der Waals surface area (Å²) in [6, 6.07) is 1.71. The molecule has 0 amide bonds. The number of alkyl halides is 1. The van der Waals surface area contributed by atoms with Crippen molar-refractivity contribution >= 4 is 21.9 Å². The Hall–Kier alpha value is -1.10. The third kappa shape index (κ3) is 2.68. The van der Waals surface area contributed by atoms with Gasteiger partial charge in [-0.15, -0.1) is 0 Å². The number of ether oxygens (including phenoxy) is 2. The summed E-state index contributed by atoms with van der Waals surface area (Å²) in [4.78, 5) is 15.4. The maximum Gasteiger partial charge on any atom is 0.339 e. The maximum absolute atomic E-state index is 11.3. The number of rotatable bonds is 3. The minimum atomic E-state index is -0.403. The van der Waals surface area contributed by atoms with E-state index in [0.29, 0.717) is 11.4 Å². The Kier molecular flexibility index (Phi) is 4.08. The average Bonchev–Trinajstić information content (AvgIpc) is 2.27. The molecule has 0 saturated carbocycles. The summed E-state index contributed by atoms with van der Waals surface area (Å²) in [7, 11) is 2.88. The number of carbonyl (C=O) groups excluding carboxylic acids is 1.